The summed E-state index contributed by atoms with van der Waals surface area (Å²) in [4.78, 5) is 6.95. The van der Waals surface area contributed by atoms with Gasteiger partial charge < -0.3 is 15.4 Å². The molecule has 1 aromatic heterocycles. The normalized spacial score (nSPS) is 17.5. The zero-order valence-electron chi connectivity index (χ0n) is 16.3. The molecule has 1 atom stereocenters. The van der Waals surface area contributed by atoms with Crippen LogP contribution >= 0.6 is 11.3 Å². The largest absolute Gasteiger partial charge is 0.496 e. The molecule has 3 aromatic rings. The predicted molar refractivity (Wildman–Crippen MR) is 117 cm³/mol. The van der Waals surface area contributed by atoms with E-state index in [0.717, 1.165) is 36.5 Å². The first-order valence-corrected chi connectivity index (χ1v) is 10.8. The molecule has 2 N–H and O–H groups in total. The Morgan fingerprint density at radius 3 is 2.75 bits per heavy atom. The molecule has 4 rings (SSSR count). The van der Waals surface area contributed by atoms with Gasteiger partial charge >= 0.3 is 0 Å². The topological polar surface area (TPSA) is 51.4 Å². The van der Waals surface area contributed by atoms with Gasteiger partial charge in [0.25, 0.3) is 0 Å². The van der Waals surface area contributed by atoms with Crippen molar-refractivity contribution in [2.45, 2.75) is 25.2 Å². The third-order valence-corrected chi connectivity index (χ3v) is 6.25. The molecule has 0 aliphatic carbocycles. The first kappa shape index (κ1) is 19.0. The minimum atomic E-state index is 0.558. The van der Waals surface area contributed by atoms with Crippen molar-refractivity contribution >= 4 is 16.5 Å². The second-order valence-corrected chi connectivity index (χ2v) is 8.29. The molecule has 4 nitrogen and oxygen atoms in total. The third-order valence-electron chi connectivity index (χ3n) is 5.57. The van der Waals surface area contributed by atoms with Crippen LogP contribution in [0.15, 0.2) is 53.9 Å². The van der Waals surface area contributed by atoms with Crippen LogP contribution in [0.2, 0.25) is 0 Å². The van der Waals surface area contributed by atoms with Crippen LogP contribution in [-0.2, 0) is 6.42 Å². The Labute approximate surface area is 171 Å². The van der Waals surface area contributed by atoms with Crippen molar-refractivity contribution in [3.8, 4) is 17.0 Å². The molecule has 0 radical (unpaired) electrons. The first-order chi connectivity index (χ1) is 13.7. The highest BCUT2D eigenvalue weighted by molar-refractivity contribution is 7.13. The van der Waals surface area contributed by atoms with Gasteiger partial charge in [0.15, 0.2) is 5.13 Å². The minimum absolute atomic E-state index is 0.558. The van der Waals surface area contributed by atoms with E-state index in [2.05, 4.69) is 52.3 Å². The van der Waals surface area contributed by atoms with Gasteiger partial charge in [-0.15, -0.1) is 11.3 Å². The Kier molecular flexibility index (Phi) is 5.93. The summed E-state index contributed by atoms with van der Waals surface area (Å²) in [7, 11) is 1.77. The van der Waals surface area contributed by atoms with Gasteiger partial charge in [-0.1, -0.05) is 42.5 Å². The number of nitrogens with two attached hydrogens (primary N) is 1. The quantitative estimate of drug-likeness (QED) is 0.652. The second kappa shape index (κ2) is 8.76. The lowest BCUT2D eigenvalue weighted by Crippen LogP contribution is -2.35. The fourth-order valence-electron chi connectivity index (χ4n) is 4.07. The number of nitrogen functional groups attached to an aromatic ring is 1. The number of methoxy groups -OCH3 is 1. The molecule has 1 aliphatic rings. The highest BCUT2D eigenvalue weighted by Crippen LogP contribution is 2.33. The van der Waals surface area contributed by atoms with E-state index >= 15 is 0 Å². The van der Waals surface area contributed by atoms with Gasteiger partial charge in [-0.05, 0) is 43.0 Å². The van der Waals surface area contributed by atoms with E-state index in [1.54, 1.807) is 7.11 Å². The smallest absolute Gasteiger partial charge is 0.180 e. The number of piperidine rings is 1. The number of rotatable bonds is 6. The molecule has 1 unspecified atom stereocenters. The summed E-state index contributed by atoms with van der Waals surface area (Å²) >= 11 is 1.48. The highest BCUT2D eigenvalue weighted by atomic mass is 32.1. The van der Waals surface area contributed by atoms with Crippen molar-refractivity contribution in [2.75, 3.05) is 32.5 Å². The average molecular weight is 394 g/mol. The number of hydrogen-bond donors (Lipinski definition) is 1. The van der Waals surface area contributed by atoms with Gasteiger partial charge in [0.05, 0.1) is 12.8 Å². The summed E-state index contributed by atoms with van der Waals surface area (Å²) in [6.45, 7) is 3.38. The Hall–Kier alpha value is -2.37. The summed E-state index contributed by atoms with van der Waals surface area (Å²) in [6, 6.07) is 17.2. The fraction of sp³-hybridized carbons (Fsp3) is 0.348. The summed E-state index contributed by atoms with van der Waals surface area (Å²) in [5.41, 5.74) is 10.6. The number of para-hydroxylation sites is 1. The van der Waals surface area contributed by atoms with Crippen LogP contribution in [0.25, 0.3) is 11.3 Å². The van der Waals surface area contributed by atoms with Crippen molar-refractivity contribution in [2.24, 2.45) is 0 Å². The average Bonchev–Trinajstić information content (AvgIpc) is 3.19. The number of benzene rings is 2. The van der Waals surface area contributed by atoms with Crippen LogP contribution in [0.1, 0.15) is 29.9 Å². The molecule has 0 bridgehead atoms. The molecule has 2 aromatic carbocycles. The van der Waals surface area contributed by atoms with E-state index in [1.807, 2.05) is 11.4 Å². The Balaban J connectivity index is 1.35. The molecule has 5 heteroatoms. The molecule has 1 saturated heterocycles. The van der Waals surface area contributed by atoms with Crippen molar-refractivity contribution in [3.05, 3.63) is 65.0 Å². The minimum Gasteiger partial charge on any atom is -0.496 e. The molecule has 0 spiro atoms. The van der Waals surface area contributed by atoms with Crippen molar-refractivity contribution in [1.82, 2.24) is 9.88 Å². The Morgan fingerprint density at radius 2 is 2.00 bits per heavy atom. The third kappa shape index (κ3) is 4.37. The van der Waals surface area contributed by atoms with Crippen LogP contribution in [0, 0.1) is 0 Å². The van der Waals surface area contributed by atoms with Crippen LogP contribution < -0.4 is 10.5 Å². The number of ether oxygens (including phenoxy) is 1. The molecule has 2 heterocycles. The van der Waals surface area contributed by atoms with Gasteiger partial charge in [0.2, 0.25) is 0 Å². The van der Waals surface area contributed by atoms with E-state index in [1.165, 1.54) is 41.9 Å². The van der Waals surface area contributed by atoms with Crippen molar-refractivity contribution in [1.29, 1.82) is 0 Å². The lowest BCUT2D eigenvalue weighted by molar-refractivity contribution is 0.208. The van der Waals surface area contributed by atoms with E-state index in [0.29, 0.717) is 11.0 Å². The van der Waals surface area contributed by atoms with Crippen LogP contribution in [0.4, 0.5) is 5.13 Å². The molecule has 0 amide bonds. The molecule has 28 heavy (non-hydrogen) atoms. The summed E-state index contributed by atoms with van der Waals surface area (Å²) in [5.74, 6) is 1.58. The molecule has 1 fully saturated rings. The fourth-order valence-corrected chi connectivity index (χ4v) is 4.64. The zero-order chi connectivity index (χ0) is 19.3. The lowest BCUT2D eigenvalue weighted by Gasteiger charge is -2.33. The number of nitrogens with zero attached hydrogens (tertiary/aromatic N) is 2. The van der Waals surface area contributed by atoms with Crippen LogP contribution in [0.5, 0.6) is 5.75 Å². The Morgan fingerprint density at radius 1 is 1.18 bits per heavy atom. The van der Waals surface area contributed by atoms with Gasteiger partial charge in [-0.25, -0.2) is 4.98 Å². The van der Waals surface area contributed by atoms with Crippen molar-refractivity contribution < 1.29 is 4.74 Å². The maximum Gasteiger partial charge on any atom is 0.180 e. The highest BCUT2D eigenvalue weighted by Gasteiger charge is 2.23. The van der Waals surface area contributed by atoms with Crippen LogP contribution in [0.3, 0.4) is 0 Å². The van der Waals surface area contributed by atoms with Gasteiger partial charge in [0, 0.05) is 30.0 Å². The SMILES string of the molecule is COc1ccccc1C1CCCN(CCc2ccc(-c3csc(N)n3)cc2)C1. The van der Waals surface area contributed by atoms with E-state index in [4.69, 9.17) is 10.5 Å². The number of likely N-dealkylation sites (tertiary alicyclic amines) is 1. The second-order valence-electron chi connectivity index (χ2n) is 7.40. The Bertz CT molecular complexity index is 906. The number of aromatic nitrogens is 1. The molecular weight excluding hydrogens is 366 g/mol. The number of hydrogen-bond acceptors (Lipinski definition) is 5. The molecule has 146 valence electrons. The zero-order valence-corrected chi connectivity index (χ0v) is 17.1. The maximum atomic E-state index is 5.74. The summed E-state index contributed by atoms with van der Waals surface area (Å²) in [5, 5.41) is 2.63. The van der Waals surface area contributed by atoms with Crippen molar-refractivity contribution in [3.63, 3.8) is 0 Å². The van der Waals surface area contributed by atoms with E-state index in [9.17, 15) is 0 Å². The predicted octanol–water partition coefficient (Wildman–Crippen LogP) is 4.82. The van der Waals surface area contributed by atoms with Gasteiger partial charge in [-0.3, -0.25) is 0 Å². The number of anilines is 1. The maximum absolute atomic E-state index is 5.74. The standard InChI is InChI=1S/C23H27N3OS/c1-27-22-7-3-2-6-20(22)19-5-4-13-26(15-19)14-12-17-8-10-18(11-9-17)21-16-28-23(24)25-21/h2-3,6-11,16,19H,4-5,12-15H2,1H3,(H2,24,25). The van der Waals surface area contributed by atoms with Gasteiger partial charge in [0.1, 0.15) is 5.75 Å². The monoisotopic (exact) mass is 393 g/mol. The van der Waals surface area contributed by atoms with E-state index < -0.39 is 0 Å². The summed E-state index contributed by atoms with van der Waals surface area (Å²) < 4.78 is 5.58. The van der Waals surface area contributed by atoms with Crippen LogP contribution in [-0.4, -0.2) is 36.6 Å². The molecule has 0 saturated carbocycles. The molecule has 1 aliphatic heterocycles. The van der Waals surface area contributed by atoms with E-state index in [-0.39, 0.29) is 0 Å². The molecular formula is C23H27N3OS. The summed E-state index contributed by atoms with van der Waals surface area (Å²) in [6.07, 6.45) is 3.55. The van der Waals surface area contributed by atoms with Gasteiger partial charge in [-0.2, -0.15) is 0 Å². The lowest BCUT2D eigenvalue weighted by atomic mass is 9.90. The first-order valence-electron chi connectivity index (χ1n) is 9.88. The number of thiazole rings is 1.